The molecule has 2 aromatic carbocycles. The third-order valence-electron chi connectivity index (χ3n) is 2.71. The number of rotatable bonds is 4. The molecule has 3 N–H and O–H groups in total. The average molecular weight is 335 g/mol. The van der Waals surface area contributed by atoms with Crippen molar-refractivity contribution in [3.8, 4) is 5.75 Å². The summed E-state index contributed by atoms with van der Waals surface area (Å²) in [5.41, 5.74) is 9.73. The molecule has 0 radical (unpaired) electrons. The third-order valence-corrected chi connectivity index (χ3v) is 3.16. The van der Waals surface area contributed by atoms with E-state index in [1.807, 2.05) is 38.1 Å². The zero-order valence-corrected chi connectivity index (χ0v) is 13.5. The minimum atomic E-state index is 0.0978. The summed E-state index contributed by atoms with van der Waals surface area (Å²) in [6.45, 7) is 6.03. The van der Waals surface area contributed by atoms with Gasteiger partial charge in [0.25, 0.3) is 0 Å². The highest BCUT2D eigenvalue weighted by Gasteiger charge is 2.05. The number of nitrogens with one attached hydrogen (secondary N) is 1. The largest absolute Gasteiger partial charge is 0.489 e. The second kappa shape index (κ2) is 6.18. The van der Waals surface area contributed by atoms with Crippen LogP contribution in [0.25, 0.3) is 0 Å². The van der Waals surface area contributed by atoms with Crippen molar-refractivity contribution in [1.29, 1.82) is 0 Å². The molecular weight excluding hydrogens is 316 g/mol. The number of ether oxygens (including phenoxy) is 1. The van der Waals surface area contributed by atoms with Crippen molar-refractivity contribution in [1.82, 2.24) is 0 Å². The van der Waals surface area contributed by atoms with E-state index in [4.69, 9.17) is 10.5 Å². The van der Waals surface area contributed by atoms with Crippen LogP contribution in [0.5, 0.6) is 5.75 Å². The van der Waals surface area contributed by atoms with Gasteiger partial charge >= 0.3 is 0 Å². The maximum absolute atomic E-state index is 5.92. The van der Waals surface area contributed by atoms with E-state index in [1.54, 1.807) is 0 Å². The number of halogens is 1. The van der Waals surface area contributed by atoms with Gasteiger partial charge in [-0.1, -0.05) is 15.9 Å². The molecule has 0 aromatic heterocycles. The van der Waals surface area contributed by atoms with Gasteiger partial charge in [-0.05, 0) is 56.7 Å². The van der Waals surface area contributed by atoms with Crippen molar-refractivity contribution in [2.24, 2.45) is 0 Å². The minimum Gasteiger partial charge on any atom is -0.489 e. The van der Waals surface area contributed by atoms with E-state index in [0.29, 0.717) is 11.4 Å². The first-order valence-corrected chi connectivity index (χ1v) is 7.34. The summed E-state index contributed by atoms with van der Waals surface area (Å²) in [6, 6.07) is 11.9. The molecule has 0 bridgehead atoms. The Hall–Kier alpha value is -1.68. The Kier molecular flexibility index (Phi) is 4.55. The number of nitrogen functional groups attached to an aromatic ring is 1. The van der Waals surface area contributed by atoms with E-state index in [2.05, 4.69) is 40.3 Å². The van der Waals surface area contributed by atoms with Gasteiger partial charge in [-0.3, -0.25) is 0 Å². The summed E-state index contributed by atoms with van der Waals surface area (Å²) in [5.74, 6) is 0.705. The van der Waals surface area contributed by atoms with Gasteiger partial charge in [0.1, 0.15) is 5.75 Å². The maximum atomic E-state index is 5.92. The monoisotopic (exact) mass is 334 g/mol. The quantitative estimate of drug-likeness (QED) is 0.784. The lowest BCUT2D eigenvalue weighted by Crippen LogP contribution is -2.07. The lowest BCUT2D eigenvalue weighted by Gasteiger charge is -2.14. The van der Waals surface area contributed by atoms with Crippen molar-refractivity contribution in [2.75, 3.05) is 11.1 Å². The highest BCUT2D eigenvalue weighted by Crippen LogP contribution is 2.29. The topological polar surface area (TPSA) is 47.3 Å². The first-order chi connectivity index (χ1) is 9.44. The molecule has 2 aromatic rings. The van der Waals surface area contributed by atoms with Crippen LogP contribution in [0, 0.1) is 6.92 Å². The Morgan fingerprint density at radius 3 is 2.50 bits per heavy atom. The Morgan fingerprint density at radius 1 is 1.10 bits per heavy atom. The van der Waals surface area contributed by atoms with Crippen molar-refractivity contribution >= 4 is 33.0 Å². The fourth-order valence-corrected chi connectivity index (χ4v) is 2.55. The molecule has 0 heterocycles. The number of hydrogen-bond acceptors (Lipinski definition) is 3. The van der Waals surface area contributed by atoms with Gasteiger partial charge < -0.3 is 15.8 Å². The third kappa shape index (κ3) is 3.90. The van der Waals surface area contributed by atoms with Crippen LogP contribution in [0.1, 0.15) is 19.4 Å². The average Bonchev–Trinajstić information content (AvgIpc) is 2.31. The lowest BCUT2D eigenvalue weighted by atomic mass is 10.2. The van der Waals surface area contributed by atoms with Crippen LogP contribution in [0.3, 0.4) is 0 Å². The summed E-state index contributed by atoms with van der Waals surface area (Å²) in [6.07, 6.45) is 0.0978. The zero-order chi connectivity index (χ0) is 14.7. The lowest BCUT2D eigenvalue weighted by molar-refractivity contribution is 0.244. The van der Waals surface area contributed by atoms with Gasteiger partial charge in [-0.15, -0.1) is 0 Å². The summed E-state index contributed by atoms with van der Waals surface area (Å²) in [7, 11) is 0. The Labute approximate surface area is 128 Å². The Morgan fingerprint density at radius 2 is 1.85 bits per heavy atom. The van der Waals surface area contributed by atoms with Gasteiger partial charge in [0, 0.05) is 21.9 Å². The molecular formula is C16H19BrN2O. The molecule has 0 atom stereocenters. The second-order valence-corrected chi connectivity index (χ2v) is 5.98. The van der Waals surface area contributed by atoms with Crippen LogP contribution < -0.4 is 15.8 Å². The molecule has 0 fully saturated rings. The Balaban J connectivity index is 2.25. The highest BCUT2D eigenvalue weighted by atomic mass is 79.9. The molecule has 106 valence electrons. The van der Waals surface area contributed by atoms with Crippen LogP contribution in [-0.2, 0) is 0 Å². The van der Waals surface area contributed by atoms with E-state index in [-0.39, 0.29) is 6.10 Å². The van der Waals surface area contributed by atoms with Crippen LogP contribution in [0.4, 0.5) is 17.1 Å². The fraction of sp³-hybridized carbons (Fsp3) is 0.250. The van der Waals surface area contributed by atoms with Crippen molar-refractivity contribution in [3.63, 3.8) is 0 Å². The van der Waals surface area contributed by atoms with Crippen LogP contribution in [-0.4, -0.2) is 6.10 Å². The second-order valence-electron chi connectivity index (χ2n) is 5.06. The number of hydrogen-bond donors (Lipinski definition) is 2. The predicted octanol–water partition coefficient (Wildman–Crippen LogP) is 4.87. The molecule has 0 aliphatic heterocycles. The van der Waals surface area contributed by atoms with Gasteiger partial charge in [0.2, 0.25) is 0 Å². The van der Waals surface area contributed by atoms with Crippen LogP contribution >= 0.6 is 15.9 Å². The molecule has 0 aliphatic carbocycles. The van der Waals surface area contributed by atoms with Gasteiger partial charge in [0.05, 0.1) is 11.8 Å². The molecule has 4 heteroatoms. The molecule has 20 heavy (non-hydrogen) atoms. The van der Waals surface area contributed by atoms with Crippen molar-refractivity contribution in [2.45, 2.75) is 26.9 Å². The maximum Gasteiger partial charge on any atom is 0.144 e. The van der Waals surface area contributed by atoms with E-state index in [0.717, 1.165) is 15.8 Å². The normalized spacial score (nSPS) is 10.7. The predicted molar refractivity (Wildman–Crippen MR) is 88.8 cm³/mol. The van der Waals surface area contributed by atoms with E-state index >= 15 is 0 Å². The summed E-state index contributed by atoms with van der Waals surface area (Å²) >= 11 is 3.50. The summed E-state index contributed by atoms with van der Waals surface area (Å²) in [4.78, 5) is 0. The summed E-state index contributed by atoms with van der Waals surface area (Å²) < 4.78 is 6.75. The number of nitrogens with two attached hydrogens (primary N) is 1. The molecule has 3 nitrogen and oxygen atoms in total. The molecule has 0 saturated heterocycles. The molecule has 2 rings (SSSR count). The van der Waals surface area contributed by atoms with Gasteiger partial charge in [0.15, 0.2) is 0 Å². The molecule has 0 saturated carbocycles. The van der Waals surface area contributed by atoms with Crippen LogP contribution in [0.2, 0.25) is 0 Å². The molecule has 0 aliphatic rings. The SMILES string of the molecule is Cc1cc(Br)cc(Nc2ccc(N)c(OC(C)C)c2)c1. The van der Waals surface area contributed by atoms with Gasteiger partial charge in [-0.2, -0.15) is 0 Å². The Bertz CT molecular complexity index is 591. The molecule has 0 amide bonds. The number of benzene rings is 2. The first-order valence-electron chi connectivity index (χ1n) is 6.54. The standard InChI is InChI=1S/C16H19BrN2O/c1-10(2)20-16-9-13(4-5-15(16)18)19-14-7-11(3)6-12(17)8-14/h4-10,19H,18H2,1-3H3. The van der Waals surface area contributed by atoms with Crippen molar-refractivity contribution in [3.05, 3.63) is 46.4 Å². The first kappa shape index (κ1) is 14.7. The van der Waals surface area contributed by atoms with E-state index < -0.39 is 0 Å². The van der Waals surface area contributed by atoms with Crippen molar-refractivity contribution < 1.29 is 4.74 Å². The number of anilines is 3. The highest BCUT2D eigenvalue weighted by molar-refractivity contribution is 9.10. The zero-order valence-electron chi connectivity index (χ0n) is 11.9. The number of aryl methyl sites for hydroxylation is 1. The molecule has 0 spiro atoms. The van der Waals surface area contributed by atoms with E-state index in [9.17, 15) is 0 Å². The summed E-state index contributed by atoms with van der Waals surface area (Å²) in [5, 5.41) is 3.36. The minimum absolute atomic E-state index is 0.0978. The van der Waals surface area contributed by atoms with Gasteiger partial charge in [-0.25, -0.2) is 0 Å². The van der Waals surface area contributed by atoms with Crippen LogP contribution in [0.15, 0.2) is 40.9 Å². The van der Waals surface area contributed by atoms with E-state index in [1.165, 1.54) is 5.56 Å². The fourth-order valence-electron chi connectivity index (χ4n) is 1.94. The molecule has 0 unspecified atom stereocenters. The smallest absolute Gasteiger partial charge is 0.144 e.